The molecular formula is C24H29N5O2. The Morgan fingerprint density at radius 1 is 1.06 bits per heavy atom. The highest BCUT2D eigenvalue weighted by atomic mass is 16.5. The van der Waals surface area contributed by atoms with Crippen molar-refractivity contribution in [3.05, 3.63) is 78.1 Å². The van der Waals surface area contributed by atoms with Gasteiger partial charge >= 0.3 is 0 Å². The zero-order valence-corrected chi connectivity index (χ0v) is 17.9. The minimum atomic E-state index is -0.0294. The number of anilines is 2. The average molecular weight is 420 g/mol. The lowest BCUT2D eigenvalue weighted by Crippen LogP contribution is -2.36. The Kier molecular flexibility index (Phi) is 6.96. The Balaban J connectivity index is 1.24. The van der Waals surface area contributed by atoms with Gasteiger partial charge < -0.3 is 15.0 Å². The number of rotatable bonds is 8. The molecule has 1 saturated heterocycles. The number of likely N-dealkylation sites (N-methyl/N-ethyl adjacent to an activating group) is 1. The molecule has 3 aromatic rings. The number of hydrogen-bond acceptors (Lipinski definition) is 5. The van der Waals surface area contributed by atoms with Gasteiger partial charge in [0.2, 0.25) is 5.91 Å². The molecule has 1 aliphatic heterocycles. The molecule has 2 heterocycles. The third-order valence-electron chi connectivity index (χ3n) is 5.27. The van der Waals surface area contributed by atoms with Crippen LogP contribution in [0.2, 0.25) is 0 Å². The van der Waals surface area contributed by atoms with Gasteiger partial charge in [-0.3, -0.25) is 14.4 Å². The van der Waals surface area contributed by atoms with Crippen LogP contribution in [0.5, 0.6) is 0 Å². The second-order valence-corrected chi connectivity index (χ2v) is 7.90. The summed E-state index contributed by atoms with van der Waals surface area (Å²) < 4.78 is 7.32. The SMILES string of the molecule is CN(CC(=O)Nc1ccc(N2CCOCC2)cc1)Cc1cnn(Cc2ccccc2)c1. The molecule has 1 aliphatic rings. The molecule has 1 amide bonds. The van der Waals surface area contributed by atoms with Crippen LogP contribution in [0.3, 0.4) is 0 Å². The highest BCUT2D eigenvalue weighted by Crippen LogP contribution is 2.19. The van der Waals surface area contributed by atoms with E-state index in [1.807, 2.05) is 71.5 Å². The topological polar surface area (TPSA) is 62.6 Å². The van der Waals surface area contributed by atoms with Gasteiger partial charge in [0.25, 0.3) is 0 Å². The van der Waals surface area contributed by atoms with Crippen LogP contribution >= 0.6 is 0 Å². The molecular weight excluding hydrogens is 390 g/mol. The van der Waals surface area contributed by atoms with Crippen molar-refractivity contribution in [3.63, 3.8) is 0 Å². The van der Waals surface area contributed by atoms with Gasteiger partial charge in [-0.2, -0.15) is 5.10 Å². The predicted octanol–water partition coefficient (Wildman–Crippen LogP) is 2.84. The van der Waals surface area contributed by atoms with Crippen molar-refractivity contribution in [3.8, 4) is 0 Å². The van der Waals surface area contributed by atoms with Crippen molar-refractivity contribution < 1.29 is 9.53 Å². The smallest absolute Gasteiger partial charge is 0.238 e. The number of hydrogen-bond donors (Lipinski definition) is 1. The summed E-state index contributed by atoms with van der Waals surface area (Å²) >= 11 is 0. The maximum Gasteiger partial charge on any atom is 0.238 e. The maximum atomic E-state index is 12.4. The van der Waals surface area contributed by atoms with Crippen LogP contribution in [0.15, 0.2) is 67.0 Å². The molecule has 162 valence electrons. The monoisotopic (exact) mass is 419 g/mol. The molecule has 31 heavy (non-hydrogen) atoms. The lowest BCUT2D eigenvalue weighted by molar-refractivity contribution is -0.117. The highest BCUT2D eigenvalue weighted by molar-refractivity contribution is 5.92. The summed E-state index contributed by atoms with van der Waals surface area (Å²) in [4.78, 5) is 16.7. The molecule has 0 aliphatic carbocycles. The summed E-state index contributed by atoms with van der Waals surface area (Å²) in [5.41, 5.74) is 4.27. The molecule has 2 aromatic carbocycles. The maximum absolute atomic E-state index is 12.4. The van der Waals surface area contributed by atoms with Crippen LogP contribution in [-0.4, -0.2) is 60.5 Å². The molecule has 0 saturated carbocycles. The summed E-state index contributed by atoms with van der Waals surface area (Å²) in [6, 6.07) is 18.3. The molecule has 1 fully saturated rings. The van der Waals surface area contributed by atoms with Crippen molar-refractivity contribution in [1.29, 1.82) is 0 Å². The first-order valence-electron chi connectivity index (χ1n) is 10.6. The van der Waals surface area contributed by atoms with Gasteiger partial charge in [-0.1, -0.05) is 30.3 Å². The molecule has 1 N–H and O–H groups in total. The van der Waals surface area contributed by atoms with Crippen molar-refractivity contribution in [2.45, 2.75) is 13.1 Å². The van der Waals surface area contributed by atoms with E-state index in [1.165, 1.54) is 5.56 Å². The van der Waals surface area contributed by atoms with E-state index < -0.39 is 0 Å². The fourth-order valence-electron chi connectivity index (χ4n) is 3.74. The number of benzene rings is 2. The van der Waals surface area contributed by atoms with E-state index in [2.05, 4.69) is 27.4 Å². The molecule has 4 rings (SSSR count). The van der Waals surface area contributed by atoms with Crippen LogP contribution in [0.1, 0.15) is 11.1 Å². The van der Waals surface area contributed by atoms with Crippen molar-refractivity contribution in [2.24, 2.45) is 0 Å². The standard InChI is InChI=1S/C24H29N5O2/c1-27(16-21-15-25-29(18-21)17-20-5-3-2-4-6-20)19-24(30)26-22-7-9-23(10-8-22)28-11-13-31-14-12-28/h2-10,15,18H,11-14,16-17,19H2,1H3,(H,26,30). The Morgan fingerprint density at radius 3 is 2.55 bits per heavy atom. The van der Waals surface area contributed by atoms with Gasteiger partial charge in [-0.15, -0.1) is 0 Å². The largest absolute Gasteiger partial charge is 0.378 e. The quantitative estimate of drug-likeness (QED) is 0.608. The van der Waals surface area contributed by atoms with Gasteiger partial charge in [0.15, 0.2) is 0 Å². The normalized spacial score (nSPS) is 14.1. The van der Waals surface area contributed by atoms with E-state index >= 15 is 0 Å². The summed E-state index contributed by atoms with van der Waals surface area (Å²) in [5, 5.41) is 7.42. The second-order valence-electron chi connectivity index (χ2n) is 7.90. The van der Waals surface area contributed by atoms with Crippen molar-refractivity contribution in [1.82, 2.24) is 14.7 Å². The number of aromatic nitrogens is 2. The van der Waals surface area contributed by atoms with E-state index in [4.69, 9.17) is 4.74 Å². The molecule has 0 atom stereocenters. The van der Waals surface area contributed by atoms with Crippen molar-refractivity contribution in [2.75, 3.05) is 50.1 Å². The van der Waals surface area contributed by atoms with E-state index in [-0.39, 0.29) is 5.91 Å². The molecule has 0 unspecified atom stereocenters. The summed E-state index contributed by atoms with van der Waals surface area (Å²) in [6.45, 7) is 5.04. The average Bonchev–Trinajstić information content (AvgIpc) is 3.22. The molecule has 0 spiro atoms. The van der Waals surface area contributed by atoms with Gasteiger partial charge in [0, 0.05) is 42.8 Å². The number of ether oxygens (including phenoxy) is 1. The number of nitrogens with one attached hydrogen (secondary N) is 1. The minimum absolute atomic E-state index is 0.0294. The number of nitrogens with zero attached hydrogens (tertiary/aromatic N) is 4. The van der Waals surface area contributed by atoms with E-state index in [9.17, 15) is 4.79 Å². The third kappa shape index (κ3) is 6.16. The van der Waals surface area contributed by atoms with Gasteiger partial charge in [0.05, 0.1) is 32.5 Å². The number of carbonyl (C=O) groups is 1. The van der Waals surface area contributed by atoms with Crippen LogP contribution in [0.25, 0.3) is 0 Å². The van der Waals surface area contributed by atoms with Crippen LogP contribution in [0.4, 0.5) is 11.4 Å². The first-order chi connectivity index (χ1) is 15.2. The molecule has 0 radical (unpaired) electrons. The molecule has 0 bridgehead atoms. The first kappa shape index (κ1) is 21.1. The third-order valence-corrected chi connectivity index (χ3v) is 5.27. The Morgan fingerprint density at radius 2 is 1.81 bits per heavy atom. The van der Waals surface area contributed by atoms with Crippen molar-refractivity contribution >= 4 is 17.3 Å². The number of carbonyl (C=O) groups excluding carboxylic acids is 1. The lowest BCUT2D eigenvalue weighted by atomic mass is 10.2. The van der Waals surface area contributed by atoms with E-state index in [1.54, 1.807) is 0 Å². The zero-order valence-electron chi connectivity index (χ0n) is 17.9. The fourth-order valence-corrected chi connectivity index (χ4v) is 3.74. The van der Waals surface area contributed by atoms with Crippen LogP contribution < -0.4 is 10.2 Å². The predicted molar refractivity (Wildman–Crippen MR) is 122 cm³/mol. The van der Waals surface area contributed by atoms with Crippen LogP contribution in [-0.2, 0) is 22.6 Å². The fraction of sp³-hybridized carbons (Fsp3) is 0.333. The summed E-state index contributed by atoms with van der Waals surface area (Å²) in [6.07, 6.45) is 3.90. The first-order valence-corrected chi connectivity index (χ1v) is 10.6. The van der Waals surface area contributed by atoms with E-state index in [0.717, 1.165) is 49.8 Å². The minimum Gasteiger partial charge on any atom is -0.378 e. The molecule has 7 nitrogen and oxygen atoms in total. The van der Waals surface area contributed by atoms with Crippen LogP contribution in [0, 0.1) is 0 Å². The zero-order chi connectivity index (χ0) is 21.5. The number of amides is 1. The Labute approximate surface area is 183 Å². The Bertz CT molecular complexity index is 965. The summed E-state index contributed by atoms with van der Waals surface area (Å²) in [5.74, 6) is -0.0294. The highest BCUT2D eigenvalue weighted by Gasteiger charge is 2.12. The molecule has 1 aromatic heterocycles. The molecule has 7 heteroatoms. The van der Waals surface area contributed by atoms with Gasteiger partial charge in [0.1, 0.15) is 0 Å². The summed E-state index contributed by atoms with van der Waals surface area (Å²) in [7, 11) is 1.94. The Hall–Kier alpha value is -3.16. The van der Waals surface area contributed by atoms with E-state index in [0.29, 0.717) is 13.1 Å². The van der Waals surface area contributed by atoms with Gasteiger partial charge in [-0.05, 0) is 36.9 Å². The lowest BCUT2D eigenvalue weighted by Gasteiger charge is -2.28. The van der Waals surface area contributed by atoms with Gasteiger partial charge in [-0.25, -0.2) is 0 Å². The second kappa shape index (κ2) is 10.2. The number of morpholine rings is 1.